The maximum Gasteiger partial charge on any atom is 0.435 e. The summed E-state index contributed by atoms with van der Waals surface area (Å²) >= 11 is 0. The minimum absolute atomic E-state index is 0.159. The molecular weight excluding hydrogens is 245 g/mol. The molecule has 0 bridgehead atoms. The lowest BCUT2D eigenvalue weighted by atomic mass is 10.2. The fraction of sp³-hybridized carbons (Fsp3) is 0.0909. The third-order valence-corrected chi connectivity index (χ3v) is 2.27. The molecule has 1 aromatic heterocycles. The molecule has 2 N–H and O–H groups in total. The number of anilines is 1. The van der Waals surface area contributed by atoms with E-state index in [0.717, 1.165) is 16.9 Å². The number of nitrogen functional groups attached to an aromatic ring is 1. The number of halogens is 3. The zero-order valence-electron chi connectivity index (χ0n) is 8.94. The number of nitriles is 1. The fourth-order valence-corrected chi connectivity index (χ4v) is 1.45. The molecule has 2 rings (SSSR count). The first-order chi connectivity index (χ1) is 8.41. The summed E-state index contributed by atoms with van der Waals surface area (Å²) in [5.41, 5.74) is 5.25. The lowest BCUT2D eigenvalue weighted by Gasteiger charge is -2.05. The Labute approximate surface area is 100 Å². The predicted octanol–water partition coefficient (Wildman–Crippen LogP) is 2.34. The van der Waals surface area contributed by atoms with Crippen LogP contribution in [0.15, 0.2) is 30.5 Å². The molecule has 0 fully saturated rings. The highest BCUT2D eigenvalue weighted by Crippen LogP contribution is 2.28. The molecule has 0 aliphatic heterocycles. The predicted molar refractivity (Wildman–Crippen MR) is 57.7 cm³/mol. The number of hydrogen-bond donors (Lipinski definition) is 1. The van der Waals surface area contributed by atoms with Gasteiger partial charge in [0.05, 0.1) is 11.3 Å². The molecule has 7 heteroatoms. The smallest absolute Gasteiger partial charge is 0.399 e. The zero-order chi connectivity index (χ0) is 13.3. The van der Waals surface area contributed by atoms with E-state index in [1.54, 1.807) is 0 Å². The van der Waals surface area contributed by atoms with Gasteiger partial charge in [0.25, 0.3) is 0 Å². The van der Waals surface area contributed by atoms with Crippen molar-refractivity contribution in [2.24, 2.45) is 0 Å². The molecule has 0 atom stereocenters. The van der Waals surface area contributed by atoms with Crippen molar-refractivity contribution in [1.82, 2.24) is 9.78 Å². The number of aromatic nitrogens is 2. The van der Waals surface area contributed by atoms with Crippen molar-refractivity contribution in [3.05, 3.63) is 41.7 Å². The molecule has 0 aliphatic rings. The molecule has 0 amide bonds. The van der Waals surface area contributed by atoms with Crippen LogP contribution in [0.1, 0.15) is 11.3 Å². The van der Waals surface area contributed by atoms with Crippen LogP contribution in [0.4, 0.5) is 18.9 Å². The SMILES string of the molecule is N#Cc1cc(N)ccc1-n1ccc(C(F)(F)F)n1. The van der Waals surface area contributed by atoms with Crippen LogP contribution >= 0.6 is 0 Å². The second-order valence-electron chi connectivity index (χ2n) is 3.53. The highest BCUT2D eigenvalue weighted by Gasteiger charge is 2.33. The van der Waals surface area contributed by atoms with E-state index in [0.29, 0.717) is 5.69 Å². The molecule has 0 aliphatic carbocycles. The largest absolute Gasteiger partial charge is 0.435 e. The third-order valence-electron chi connectivity index (χ3n) is 2.27. The van der Waals surface area contributed by atoms with Gasteiger partial charge in [0.15, 0.2) is 5.69 Å². The van der Waals surface area contributed by atoms with E-state index in [1.807, 2.05) is 6.07 Å². The van der Waals surface area contributed by atoms with E-state index >= 15 is 0 Å². The first kappa shape index (κ1) is 12.0. The van der Waals surface area contributed by atoms with Gasteiger partial charge in [-0.25, -0.2) is 4.68 Å². The standard InChI is InChI=1S/C11H7F3N4/c12-11(13,14)10-3-4-18(17-10)9-2-1-8(16)5-7(9)6-15/h1-5H,16H2. The van der Waals surface area contributed by atoms with Gasteiger partial charge in [0, 0.05) is 11.9 Å². The van der Waals surface area contributed by atoms with Gasteiger partial charge in [-0.1, -0.05) is 0 Å². The number of hydrogen-bond acceptors (Lipinski definition) is 3. The Bertz CT molecular complexity index is 622. The molecule has 4 nitrogen and oxygen atoms in total. The Hall–Kier alpha value is -2.49. The lowest BCUT2D eigenvalue weighted by Crippen LogP contribution is -2.07. The third kappa shape index (κ3) is 2.13. The van der Waals surface area contributed by atoms with Gasteiger partial charge in [-0.15, -0.1) is 0 Å². The molecule has 1 heterocycles. The van der Waals surface area contributed by atoms with Crippen molar-refractivity contribution in [2.75, 3.05) is 5.73 Å². The number of nitrogens with two attached hydrogens (primary N) is 1. The Morgan fingerprint density at radius 2 is 2.00 bits per heavy atom. The summed E-state index contributed by atoms with van der Waals surface area (Å²) in [6, 6.07) is 7.02. The van der Waals surface area contributed by atoms with Crippen molar-refractivity contribution in [1.29, 1.82) is 5.26 Å². The van der Waals surface area contributed by atoms with Crippen molar-refractivity contribution >= 4 is 5.69 Å². The highest BCUT2D eigenvalue weighted by molar-refractivity contribution is 5.56. The van der Waals surface area contributed by atoms with Gasteiger partial charge in [-0.3, -0.25) is 0 Å². The monoisotopic (exact) mass is 252 g/mol. The van der Waals surface area contributed by atoms with Gasteiger partial charge < -0.3 is 5.73 Å². The van der Waals surface area contributed by atoms with Crippen molar-refractivity contribution < 1.29 is 13.2 Å². The first-order valence-electron chi connectivity index (χ1n) is 4.84. The Morgan fingerprint density at radius 3 is 2.56 bits per heavy atom. The molecule has 1 aromatic carbocycles. The molecule has 2 aromatic rings. The number of nitrogens with zero attached hydrogens (tertiary/aromatic N) is 3. The first-order valence-corrected chi connectivity index (χ1v) is 4.84. The van der Waals surface area contributed by atoms with E-state index in [9.17, 15) is 13.2 Å². The van der Waals surface area contributed by atoms with Gasteiger partial charge >= 0.3 is 6.18 Å². The summed E-state index contributed by atoms with van der Waals surface area (Å²) in [7, 11) is 0. The van der Waals surface area contributed by atoms with Gasteiger partial charge in [-0.05, 0) is 24.3 Å². The molecule has 92 valence electrons. The topological polar surface area (TPSA) is 67.6 Å². The average molecular weight is 252 g/mol. The average Bonchev–Trinajstić information content (AvgIpc) is 2.77. The van der Waals surface area contributed by atoms with Gasteiger partial charge in [0.1, 0.15) is 6.07 Å². The maximum absolute atomic E-state index is 12.4. The molecule has 0 saturated heterocycles. The van der Waals surface area contributed by atoms with Crippen LogP contribution in [-0.4, -0.2) is 9.78 Å². The normalized spacial score (nSPS) is 11.2. The van der Waals surface area contributed by atoms with Crippen LogP contribution in [0.5, 0.6) is 0 Å². The number of alkyl halides is 3. The Morgan fingerprint density at radius 1 is 1.28 bits per heavy atom. The van der Waals surface area contributed by atoms with E-state index in [2.05, 4.69) is 5.10 Å². The van der Waals surface area contributed by atoms with Crippen LogP contribution in [0.25, 0.3) is 5.69 Å². The van der Waals surface area contributed by atoms with Crippen LogP contribution in [0, 0.1) is 11.3 Å². The Balaban J connectivity index is 2.50. The van der Waals surface area contributed by atoms with Gasteiger partial charge in [0.2, 0.25) is 0 Å². The van der Waals surface area contributed by atoms with Crippen molar-refractivity contribution in [2.45, 2.75) is 6.18 Å². The molecular formula is C11H7F3N4. The Kier molecular flexibility index (Phi) is 2.71. The second kappa shape index (κ2) is 4.07. The molecule has 18 heavy (non-hydrogen) atoms. The highest BCUT2D eigenvalue weighted by atomic mass is 19.4. The van der Waals surface area contributed by atoms with Crippen molar-refractivity contribution in [3.8, 4) is 11.8 Å². The van der Waals surface area contributed by atoms with E-state index in [4.69, 9.17) is 11.0 Å². The lowest BCUT2D eigenvalue weighted by molar-refractivity contribution is -0.141. The fourth-order valence-electron chi connectivity index (χ4n) is 1.45. The summed E-state index contributed by atoms with van der Waals surface area (Å²) in [5.74, 6) is 0. The van der Waals surface area contributed by atoms with Crippen molar-refractivity contribution in [3.63, 3.8) is 0 Å². The molecule has 0 unspecified atom stereocenters. The van der Waals surface area contributed by atoms with E-state index in [1.165, 1.54) is 18.2 Å². The van der Waals surface area contributed by atoms with Crippen LogP contribution in [0.3, 0.4) is 0 Å². The molecule has 0 radical (unpaired) electrons. The zero-order valence-corrected chi connectivity index (χ0v) is 8.94. The number of rotatable bonds is 1. The minimum atomic E-state index is -4.51. The summed E-state index contributed by atoms with van der Waals surface area (Å²) in [4.78, 5) is 0. The van der Waals surface area contributed by atoms with E-state index < -0.39 is 11.9 Å². The summed E-state index contributed by atoms with van der Waals surface area (Å²) in [5, 5.41) is 12.3. The molecule has 0 saturated carbocycles. The number of benzene rings is 1. The quantitative estimate of drug-likeness (QED) is 0.792. The summed E-state index contributed by atoms with van der Waals surface area (Å²) in [6.07, 6.45) is -3.36. The van der Waals surface area contributed by atoms with Crippen LogP contribution in [0.2, 0.25) is 0 Å². The molecule has 0 spiro atoms. The van der Waals surface area contributed by atoms with Crippen LogP contribution in [-0.2, 0) is 6.18 Å². The minimum Gasteiger partial charge on any atom is -0.399 e. The van der Waals surface area contributed by atoms with E-state index in [-0.39, 0.29) is 11.3 Å². The second-order valence-corrected chi connectivity index (χ2v) is 3.53. The van der Waals surface area contributed by atoms with Gasteiger partial charge in [-0.2, -0.15) is 23.5 Å². The van der Waals surface area contributed by atoms with Crippen LogP contribution < -0.4 is 5.73 Å². The summed E-state index contributed by atoms with van der Waals surface area (Å²) < 4.78 is 38.2. The summed E-state index contributed by atoms with van der Waals surface area (Å²) in [6.45, 7) is 0. The maximum atomic E-state index is 12.4.